The van der Waals surface area contributed by atoms with Gasteiger partial charge in [-0.25, -0.2) is 0 Å². The molecule has 106 valence electrons. The summed E-state index contributed by atoms with van der Waals surface area (Å²) in [5, 5.41) is 1.31. The maximum atomic E-state index is 6.06. The first-order chi connectivity index (χ1) is 9.81. The number of nitrogens with two attached hydrogens (primary N) is 1. The van der Waals surface area contributed by atoms with Crippen LogP contribution in [0, 0.1) is 0 Å². The molecule has 1 spiro atoms. The molecule has 2 aliphatic rings. The van der Waals surface area contributed by atoms with E-state index in [4.69, 9.17) is 10.5 Å². The molecular weight excluding hydrogens is 248 g/mol. The molecule has 1 aromatic carbocycles. The van der Waals surface area contributed by atoms with Gasteiger partial charge >= 0.3 is 0 Å². The van der Waals surface area contributed by atoms with Crippen LogP contribution in [0.15, 0.2) is 30.5 Å². The van der Waals surface area contributed by atoms with Crippen LogP contribution in [0.3, 0.4) is 0 Å². The van der Waals surface area contributed by atoms with Crippen molar-refractivity contribution < 1.29 is 4.74 Å². The second kappa shape index (κ2) is 4.61. The maximum Gasteiger partial charge on any atom is 0.0702 e. The Hall–Kier alpha value is -1.32. The van der Waals surface area contributed by atoms with Gasteiger partial charge in [-0.3, -0.25) is 0 Å². The van der Waals surface area contributed by atoms with Crippen molar-refractivity contribution in [2.24, 2.45) is 5.73 Å². The summed E-state index contributed by atoms with van der Waals surface area (Å²) in [5.41, 5.74) is 8.70. The predicted molar refractivity (Wildman–Crippen MR) is 80.6 cm³/mol. The first-order valence-corrected chi connectivity index (χ1v) is 7.74. The topological polar surface area (TPSA) is 40.2 Å². The Morgan fingerprint density at radius 1 is 1.30 bits per heavy atom. The number of ether oxygens (including phenoxy) is 1. The second-order valence-corrected chi connectivity index (χ2v) is 6.31. The SMILES string of the molecule is NCc1cccc2ccn(C3CCOC4(CCC4)C3)c12. The average molecular weight is 270 g/mol. The summed E-state index contributed by atoms with van der Waals surface area (Å²) < 4.78 is 8.52. The molecule has 1 saturated heterocycles. The van der Waals surface area contributed by atoms with E-state index in [1.165, 1.54) is 35.7 Å². The first kappa shape index (κ1) is 12.4. The van der Waals surface area contributed by atoms with Crippen LogP contribution in [0.1, 0.15) is 43.7 Å². The fourth-order valence-electron chi connectivity index (χ4n) is 3.92. The smallest absolute Gasteiger partial charge is 0.0702 e. The molecule has 0 bridgehead atoms. The summed E-state index contributed by atoms with van der Waals surface area (Å²) in [4.78, 5) is 0. The molecular formula is C17H22N2O. The van der Waals surface area contributed by atoms with Crippen LogP contribution in [0.25, 0.3) is 10.9 Å². The van der Waals surface area contributed by atoms with E-state index < -0.39 is 0 Å². The Morgan fingerprint density at radius 2 is 2.20 bits per heavy atom. The van der Waals surface area contributed by atoms with Crippen LogP contribution in [0.2, 0.25) is 0 Å². The number of benzene rings is 1. The van der Waals surface area contributed by atoms with E-state index in [1.54, 1.807) is 0 Å². The highest BCUT2D eigenvalue weighted by Gasteiger charge is 2.43. The van der Waals surface area contributed by atoms with Crippen LogP contribution in [0.5, 0.6) is 0 Å². The Kier molecular flexibility index (Phi) is 2.86. The minimum Gasteiger partial charge on any atom is -0.375 e. The molecule has 0 radical (unpaired) electrons. The Morgan fingerprint density at radius 3 is 2.95 bits per heavy atom. The standard InChI is InChI=1S/C17H22N2O/c18-12-14-4-1-3-13-5-9-19(16(13)14)15-6-10-20-17(11-15)7-2-8-17/h1,3-5,9,15H,2,6-8,10-12,18H2. The predicted octanol–water partition coefficient (Wildman–Crippen LogP) is 3.37. The molecule has 2 fully saturated rings. The summed E-state index contributed by atoms with van der Waals surface area (Å²) in [6.07, 6.45) is 8.33. The van der Waals surface area contributed by atoms with Crippen LogP contribution >= 0.6 is 0 Å². The highest BCUT2D eigenvalue weighted by atomic mass is 16.5. The van der Waals surface area contributed by atoms with Gasteiger partial charge in [0.15, 0.2) is 0 Å². The number of hydrogen-bond acceptors (Lipinski definition) is 2. The lowest BCUT2D eigenvalue weighted by molar-refractivity contribution is -0.140. The van der Waals surface area contributed by atoms with Gasteiger partial charge in [-0.2, -0.15) is 0 Å². The lowest BCUT2D eigenvalue weighted by atomic mass is 9.74. The van der Waals surface area contributed by atoms with Crippen molar-refractivity contribution in [3.8, 4) is 0 Å². The highest BCUT2D eigenvalue weighted by Crippen LogP contribution is 2.46. The van der Waals surface area contributed by atoms with Crippen LogP contribution < -0.4 is 5.73 Å². The van der Waals surface area contributed by atoms with Gasteiger partial charge in [0, 0.05) is 25.4 Å². The summed E-state index contributed by atoms with van der Waals surface area (Å²) in [6.45, 7) is 1.50. The molecule has 4 rings (SSSR count). The molecule has 1 atom stereocenters. The van der Waals surface area contributed by atoms with Gasteiger partial charge in [0.25, 0.3) is 0 Å². The quantitative estimate of drug-likeness (QED) is 0.908. The molecule has 3 nitrogen and oxygen atoms in total. The summed E-state index contributed by atoms with van der Waals surface area (Å²) in [5.74, 6) is 0. The zero-order valence-electron chi connectivity index (χ0n) is 11.8. The van der Waals surface area contributed by atoms with E-state index in [-0.39, 0.29) is 5.60 Å². The van der Waals surface area contributed by atoms with Crippen molar-refractivity contribution in [2.45, 2.75) is 50.3 Å². The molecule has 1 saturated carbocycles. The Bertz CT molecular complexity index is 627. The average Bonchev–Trinajstić information content (AvgIpc) is 2.89. The second-order valence-electron chi connectivity index (χ2n) is 6.31. The number of nitrogens with zero attached hydrogens (tertiary/aromatic N) is 1. The van der Waals surface area contributed by atoms with Gasteiger partial charge < -0.3 is 15.0 Å². The third kappa shape index (κ3) is 1.80. The molecule has 2 heterocycles. The van der Waals surface area contributed by atoms with Gasteiger partial charge in [-0.1, -0.05) is 18.2 Å². The van der Waals surface area contributed by atoms with Gasteiger partial charge in [0.2, 0.25) is 0 Å². The molecule has 1 aliphatic heterocycles. The first-order valence-electron chi connectivity index (χ1n) is 7.74. The number of hydrogen-bond donors (Lipinski definition) is 1. The maximum absolute atomic E-state index is 6.06. The van der Waals surface area contributed by atoms with Crippen LogP contribution in [0.4, 0.5) is 0 Å². The number of aromatic nitrogens is 1. The van der Waals surface area contributed by atoms with E-state index in [0.717, 1.165) is 19.4 Å². The van der Waals surface area contributed by atoms with E-state index in [2.05, 4.69) is 35.0 Å². The van der Waals surface area contributed by atoms with Gasteiger partial charge in [0.1, 0.15) is 0 Å². The Labute approximate surface area is 119 Å². The zero-order chi connectivity index (χ0) is 13.6. The normalized spacial score (nSPS) is 24.9. The van der Waals surface area contributed by atoms with Gasteiger partial charge in [-0.15, -0.1) is 0 Å². The fourth-order valence-corrected chi connectivity index (χ4v) is 3.92. The molecule has 1 unspecified atom stereocenters. The Balaban J connectivity index is 1.74. The molecule has 1 aliphatic carbocycles. The van der Waals surface area contributed by atoms with Crippen molar-refractivity contribution in [3.05, 3.63) is 36.0 Å². The number of para-hydroxylation sites is 1. The molecule has 1 aromatic heterocycles. The summed E-state index contributed by atoms with van der Waals surface area (Å²) >= 11 is 0. The lowest BCUT2D eigenvalue weighted by Gasteiger charge is -2.47. The number of rotatable bonds is 2. The van der Waals surface area contributed by atoms with E-state index in [9.17, 15) is 0 Å². The summed E-state index contributed by atoms with van der Waals surface area (Å²) in [6, 6.07) is 9.22. The third-order valence-corrected chi connectivity index (χ3v) is 5.17. The van der Waals surface area contributed by atoms with Crippen molar-refractivity contribution >= 4 is 10.9 Å². The monoisotopic (exact) mass is 270 g/mol. The van der Waals surface area contributed by atoms with Crippen LogP contribution in [-0.4, -0.2) is 16.8 Å². The molecule has 20 heavy (non-hydrogen) atoms. The van der Waals surface area contributed by atoms with Crippen molar-refractivity contribution in [2.75, 3.05) is 6.61 Å². The lowest BCUT2D eigenvalue weighted by Crippen LogP contribution is -2.45. The highest BCUT2D eigenvalue weighted by molar-refractivity contribution is 5.83. The van der Waals surface area contributed by atoms with E-state index in [1.807, 2.05) is 0 Å². The summed E-state index contributed by atoms with van der Waals surface area (Å²) in [7, 11) is 0. The third-order valence-electron chi connectivity index (χ3n) is 5.17. The van der Waals surface area contributed by atoms with E-state index in [0.29, 0.717) is 12.6 Å². The van der Waals surface area contributed by atoms with Gasteiger partial charge in [0.05, 0.1) is 11.1 Å². The number of fused-ring (bicyclic) bond motifs is 1. The fraction of sp³-hybridized carbons (Fsp3) is 0.529. The molecule has 0 amide bonds. The minimum atomic E-state index is 0.192. The van der Waals surface area contributed by atoms with Crippen LogP contribution in [-0.2, 0) is 11.3 Å². The largest absolute Gasteiger partial charge is 0.375 e. The zero-order valence-corrected chi connectivity index (χ0v) is 11.8. The van der Waals surface area contributed by atoms with Crippen molar-refractivity contribution in [1.29, 1.82) is 0 Å². The van der Waals surface area contributed by atoms with Crippen molar-refractivity contribution in [1.82, 2.24) is 4.57 Å². The molecule has 2 N–H and O–H groups in total. The van der Waals surface area contributed by atoms with Gasteiger partial charge in [-0.05, 0) is 49.1 Å². The molecule has 2 aromatic rings. The molecule has 3 heteroatoms. The van der Waals surface area contributed by atoms with Crippen molar-refractivity contribution in [3.63, 3.8) is 0 Å². The van der Waals surface area contributed by atoms with E-state index >= 15 is 0 Å². The minimum absolute atomic E-state index is 0.192.